The SMILES string of the molecule is CCCN1CC(CC(=O)O)CC(NCC(F)F)C1. The zero-order chi connectivity index (χ0) is 13.5. The molecule has 0 spiro atoms. The molecule has 0 aromatic heterocycles. The maximum absolute atomic E-state index is 12.2. The van der Waals surface area contributed by atoms with Gasteiger partial charge in [0.05, 0.1) is 6.54 Å². The van der Waals surface area contributed by atoms with Crippen LogP contribution < -0.4 is 5.32 Å². The molecule has 1 aliphatic rings. The number of hydrogen-bond acceptors (Lipinski definition) is 3. The molecule has 1 aliphatic heterocycles. The van der Waals surface area contributed by atoms with Crippen molar-refractivity contribution in [1.29, 1.82) is 0 Å². The van der Waals surface area contributed by atoms with E-state index >= 15 is 0 Å². The van der Waals surface area contributed by atoms with Crippen LogP contribution in [0.15, 0.2) is 0 Å². The van der Waals surface area contributed by atoms with Gasteiger partial charge in [0.1, 0.15) is 0 Å². The highest BCUT2D eigenvalue weighted by molar-refractivity contribution is 5.67. The van der Waals surface area contributed by atoms with Gasteiger partial charge in [-0.25, -0.2) is 8.78 Å². The molecule has 2 unspecified atom stereocenters. The minimum absolute atomic E-state index is 0.0244. The van der Waals surface area contributed by atoms with Gasteiger partial charge >= 0.3 is 5.97 Å². The van der Waals surface area contributed by atoms with E-state index in [4.69, 9.17) is 5.11 Å². The first-order valence-corrected chi connectivity index (χ1v) is 6.47. The molecule has 2 atom stereocenters. The maximum atomic E-state index is 12.2. The van der Waals surface area contributed by atoms with E-state index in [2.05, 4.69) is 17.1 Å². The van der Waals surface area contributed by atoms with Crippen molar-refractivity contribution in [2.75, 3.05) is 26.2 Å². The smallest absolute Gasteiger partial charge is 0.303 e. The van der Waals surface area contributed by atoms with E-state index in [9.17, 15) is 13.6 Å². The Labute approximate surface area is 106 Å². The van der Waals surface area contributed by atoms with Crippen LogP contribution in [-0.4, -0.2) is 54.6 Å². The summed E-state index contributed by atoms with van der Waals surface area (Å²) in [7, 11) is 0. The number of nitrogens with zero attached hydrogens (tertiary/aromatic N) is 1. The Hall–Kier alpha value is -0.750. The second-order valence-electron chi connectivity index (χ2n) is 4.96. The van der Waals surface area contributed by atoms with Crippen molar-refractivity contribution in [2.24, 2.45) is 5.92 Å². The zero-order valence-electron chi connectivity index (χ0n) is 10.7. The topological polar surface area (TPSA) is 52.6 Å². The van der Waals surface area contributed by atoms with Gasteiger partial charge in [-0.05, 0) is 25.3 Å². The lowest BCUT2D eigenvalue weighted by atomic mass is 9.91. The number of rotatable bonds is 7. The van der Waals surface area contributed by atoms with E-state index in [1.54, 1.807) is 0 Å². The molecule has 0 radical (unpaired) electrons. The number of carboxylic acid groups (broad SMARTS) is 1. The lowest BCUT2D eigenvalue weighted by Gasteiger charge is -2.37. The average Bonchev–Trinajstić information content (AvgIpc) is 2.25. The summed E-state index contributed by atoms with van der Waals surface area (Å²) in [5.41, 5.74) is 0. The van der Waals surface area contributed by atoms with Gasteiger partial charge in [0.2, 0.25) is 0 Å². The van der Waals surface area contributed by atoms with Gasteiger partial charge in [0.15, 0.2) is 0 Å². The van der Waals surface area contributed by atoms with Gasteiger partial charge in [-0.3, -0.25) is 4.79 Å². The summed E-state index contributed by atoms with van der Waals surface area (Å²) in [6.07, 6.45) is -0.585. The molecule has 1 heterocycles. The summed E-state index contributed by atoms with van der Waals surface area (Å²) >= 11 is 0. The number of halogens is 2. The molecular weight excluding hydrogens is 242 g/mol. The van der Waals surface area contributed by atoms with Crippen LogP contribution in [0.25, 0.3) is 0 Å². The van der Waals surface area contributed by atoms with Crippen molar-refractivity contribution >= 4 is 5.97 Å². The number of hydrogen-bond donors (Lipinski definition) is 2. The summed E-state index contributed by atoms with van der Waals surface area (Å²) in [4.78, 5) is 12.9. The Kier molecular flexibility index (Phi) is 6.49. The molecule has 2 N–H and O–H groups in total. The molecule has 0 bridgehead atoms. The average molecular weight is 264 g/mol. The fraction of sp³-hybridized carbons (Fsp3) is 0.917. The van der Waals surface area contributed by atoms with E-state index in [1.165, 1.54) is 0 Å². The standard InChI is InChI=1S/C12H22F2N2O2/c1-2-3-16-7-9(5-12(17)18)4-10(8-16)15-6-11(13)14/h9-11,15H,2-8H2,1H3,(H,17,18). The van der Waals surface area contributed by atoms with Crippen LogP contribution in [0.3, 0.4) is 0 Å². The number of likely N-dealkylation sites (tertiary alicyclic amines) is 1. The van der Waals surface area contributed by atoms with Crippen molar-refractivity contribution in [2.45, 2.75) is 38.7 Å². The van der Waals surface area contributed by atoms with Crippen molar-refractivity contribution in [1.82, 2.24) is 10.2 Å². The fourth-order valence-corrected chi connectivity index (χ4v) is 2.60. The second-order valence-corrected chi connectivity index (χ2v) is 4.96. The Bertz CT molecular complexity index is 264. The first-order chi connectivity index (χ1) is 8.51. The van der Waals surface area contributed by atoms with Crippen LogP contribution in [0.1, 0.15) is 26.2 Å². The molecule has 18 heavy (non-hydrogen) atoms. The number of alkyl halides is 2. The molecule has 0 amide bonds. The number of aliphatic carboxylic acids is 1. The van der Waals surface area contributed by atoms with Gasteiger partial charge in [-0.1, -0.05) is 6.92 Å². The van der Waals surface area contributed by atoms with Crippen molar-refractivity contribution < 1.29 is 18.7 Å². The van der Waals surface area contributed by atoms with Crippen molar-refractivity contribution in [3.63, 3.8) is 0 Å². The lowest BCUT2D eigenvalue weighted by molar-refractivity contribution is -0.138. The van der Waals surface area contributed by atoms with E-state index in [1.807, 2.05) is 0 Å². The second kappa shape index (κ2) is 7.63. The largest absolute Gasteiger partial charge is 0.481 e. The molecule has 1 rings (SSSR count). The quantitative estimate of drug-likeness (QED) is 0.730. The first kappa shape index (κ1) is 15.3. The highest BCUT2D eigenvalue weighted by atomic mass is 19.3. The maximum Gasteiger partial charge on any atom is 0.303 e. The summed E-state index contributed by atoms with van der Waals surface area (Å²) < 4.78 is 24.3. The molecule has 0 aliphatic carbocycles. The number of nitrogens with one attached hydrogen (secondary N) is 1. The van der Waals surface area contributed by atoms with Gasteiger partial charge in [-0.15, -0.1) is 0 Å². The fourth-order valence-electron chi connectivity index (χ4n) is 2.60. The van der Waals surface area contributed by atoms with Crippen molar-refractivity contribution in [3.05, 3.63) is 0 Å². The normalized spacial score (nSPS) is 25.6. The number of piperidine rings is 1. The Balaban J connectivity index is 2.47. The molecule has 1 saturated heterocycles. The van der Waals surface area contributed by atoms with E-state index in [-0.39, 0.29) is 24.9 Å². The van der Waals surface area contributed by atoms with Crippen LogP contribution in [0.2, 0.25) is 0 Å². The predicted octanol–water partition coefficient (Wildman–Crippen LogP) is 1.42. The third kappa shape index (κ3) is 5.73. The minimum Gasteiger partial charge on any atom is -0.481 e. The molecule has 4 nitrogen and oxygen atoms in total. The van der Waals surface area contributed by atoms with Crippen LogP contribution in [0, 0.1) is 5.92 Å². The van der Waals surface area contributed by atoms with Crippen molar-refractivity contribution in [3.8, 4) is 0 Å². The molecule has 0 saturated carbocycles. The highest BCUT2D eigenvalue weighted by Crippen LogP contribution is 2.20. The van der Waals surface area contributed by atoms with Crippen LogP contribution in [0.5, 0.6) is 0 Å². The van der Waals surface area contributed by atoms with Crippen LogP contribution >= 0.6 is 0 Å². The molecule has 1 fully saturated rings. The highest BCUT2D eigenvalue weighted by Gasteiger charge is 2.28. The molecule has 106 valence electrons. The predicted molar refractivity (Wildman–Crippen MR) is 64.9 cm³/mol. The molecule has 6 heteroatoms. The Morgan fingerprint density at radius 3 is 2.78 bits per heavy atom. The third-order valence-electron chi connectivity index (χ3n) is 3.18. The van der Waals surface area contributed by atoms with Crippen LogP contribution in [0.4, 0.5) is 8.78 Å². The van der Waals surface area contributed by atoms with E-state index < -0.39 is 12.4 Å². The Morgan fingerprint density at radius 1 is 1.50 bits per heavy atom. The van der Waals surface area contributed by atoms with E-state index in [0.29, 0.717) is 6.42 Å². The van der Waals surface area contributed by atoms with Gasteiger partial charge in [-0.2, -0.15) is 0 Å². The molecular formula is C12H22F2N2O2. The minimum atomic E-state index is -2.36. The molecule has 0 aromatic carbocycles. The summed E-state index contributed by atoms with van der Waals surface area (Å²) in [6, 6.07) is -0.0244. The Morgan fingerprint density at radius 2 is 2.22 bits per heavy atom. The van der Waals surface area contributed by atoms with Gasteiger partial charge in [0, 0.05) is 25.6 Å². The number of carbonyl (C=O) groups is 1. The number of carboxylic acids is 1. The summed E-state index contributed by atoms with van der Waals surface area (Å²) in [5.74, 6) is -0.760. The molecule has 0 aromatic rings. The summed E-state index contributed by atoms with van der Waals surface area (Å²) in [5, 5.41) is 11.7. The monoisotopic (exact) mass is 264 g/mol. The zero-order valence-corrected chi connectivity index (χ0v) is 10.7. The summed E-state index contributed by atoms with van der Waals surface area (Å²) in [6.45, 7) is 4.12. The third-order valence-corrected chi connectivity index (χ3v) is 3.18. The van der Waals surface area contributed by atoms with Gasteiger partial charge in [0.25, 0.3) is 6.43 Å². The lowest BCUT2D eigenvalue weighted by Crippen LogP contribution is -2.50. The van der Waals surface area contributed by atoms with Crippen LogP contribution in [-0.2, 0) is 4.79 Å². The first-order valence-electron chi connectivity index (χ1n) is 6.47. The van der Waals surface area contributed by atoms with Gasteiger partial charge < -0.3 is 15.3 Å². The van der Waals surface area contributed by atoms with E-state index in [0.717, 1.165) is 26.1 Å².